The van der Waals surface area contributed by atoms with Gasteiger partial charge in [0.25, 0.3) is 0 Å². The number of rotatable bonds is 9. The van der Waals surface area contributed by atoms with E-state index >= 15 is 0 Å². The van der Waals surface area contributed by atoms with Gasteiger partial charge in [-0.05, 0) is 50.8 Å². The molecular formula is C17H22F2O3. The van der Waals surface area contributed by atoms with E-state index in [0.717, 1.165) is 6.29 Å². The molecule has 0 saturated heterocycles. The second-order valence-electron chi connectivity index (χ2n) is 5.34. The number of hydrogen-bond donors (Lipinski definition) is 0. The second kappa shape index (κ2) is 9.28. The zero-order chi connectivity index (χ0) is 16.5. The van der Waals surface area contributed by atoms with Gasteiger partial charge in [0.05, 0.1) is 6.61 Å². The summed E-state index contributed by atoms with van der Waals surface area (Å²) in [6.07, 6.45) is 3.35. The molecule has 1 aromatic carbocycles. The molecule has 1 unspecified atom stereocenters. The molecule has 22 heavy (non-hydrogen) atoms. The monoisotopic (exact) mass is 312 g/mol. The van der Waals surface area contributed by atoms with Crippen molar-refractivity contribution in [3.05, 3.63) is 34.9 Å². The minimum atomic E-state index is -0.595. The van der Waals surface area contributed by atoms with E-state index in [4.69, 9.17) is 4.74 Å². The van der Waals surface area contributed by atoms with Crippen molar-refractivity contribution in [3.63, 3.8) is 0 Å². The lowest BCUT2D eigenvalue weighted by Gasteiger charge is -2.11. The minimum absolute atomic E-state index is 0.0131. The van der Waals surface area contributed by atoms with Gasteiger partial charge in [0.15, 0.2) is 0 Å². The Morgan fingerprint density at radius 2 is 1.91 bits per heavy atom. The van der Waals surface area contributed by atoms with Gasteiger partial charge >= 0.3 is 5.97 Å². The van der Waals surface area contributed by atoms with Crippen molar-refractivity contribution >= 4 is 12.3 Å². The van der Waals surface area contributed by atoms with E-state index in [1.54, 1.807) is 6.92 Å². The Bertz CT molecular complexity index is 492. The Labute approximate surface area is 129 Å². The van der Waals surface area contributed by atoms with Gasteiger partial charge in [-0.1, -0.05) is 6.42 Å². The van der Waals surface area contributed by atoms with Crippen LogP contribution in [0.5, 0.6) is 0 Å². The van der Waals surface area contributed by atoms with E-state index in [1.165, 1.54) is 19.1 Å². The Hall–Kier alpha value is -1.78. The van der Waals surface area contributed by atoms with Crippen molar-refractivity contribution in [3.8, 4) is 0 Å². The van der Waals surface area contributed by atoms with Crippen LogP contribution < -0.4 is 0 Å². The average molecular weight is 312 g/mol. The number of halogens is 2. The molecule has 1 aromatic rings. The first-order valence-electron chi connectivity index (χ1n) is 7.53. The standard InChI is InChI=1S/C17H22F2O3/c1-3-22-17(21)7-5-4-6-13(11-20)8-14-9-15(18)12(2)16(19)10-14/h9-11,13H,3-8H2,1-2H3. The molecule has 5 heteroatoms. The van der Waals surface area contributed by atoms with Crippen LogP contribution in [0.3, 0.4) is 0 Å². The molecule has 0 aliphatic carbocycles. The van der Waals surface area contributed by atoms with Crippen LogP contribution >= 0.6 is 0 Å². The highest BCUT2D eigenvalue weighted by Crippen LogP contribution is 2.19. The van der Waals surface area contributed by atoms with Crippen molar-refractivity contribution in [1.29, 1.82) is 0 Å². The van der Waals surface area contributed by atoms with E-state index in [2.05, 4.69) is 0 Å². The van der Waals surface area contributed by atoms with Crippen molar-refractivity contribution in [1.82, 2.24) is 0 Å². The highest BCUT2D eigenvalue weighted by molar-refractivity contribution is 5.69. The summed E-state index contributed by atoms with van der Waals surface area (Å²) in [4.78, 5) is 22.3. The zero-order valence-corrected chi connectivity index (χ0v) is 13.0. The Morgan fingerprint density at radius 3 is 2.45 bits per heavy atom. The van der Waals surface area contributed by atoms with Crippen molar-refractivity contribution < 1.29 is 23.1 Å². The first kappa shape index (κ1) is 18.3. The lowest BCUT2D eigenvalue weighted by molar-refractivity contribution is -0.143. The maximum absolute atomic E-state index is 13.5. The smallest absolute Gasteiger partial charge is 0.305 e. The third kappa shape index (κ3) is 5.92. The number of carbonyl (C=O) groups excluding carboxylic acids is 2. The lowest BCUT2D eigenvalue weighted by atomic mass is 9.94. The van der Waals surface area contributed by atoms with Crippen LogP contribution in [0.4, 0.5) is 8.78 Å². The molecule has 1 rings (SSSR count). The number of ether oxygens (including phenoxy) is 1. The van der Waals surface area contributed by atoms with E-state index in [9.17, 15) is 18.4 Å². The van der Waals surface area contributed by atoms with Crippen molar-refractivity contribution in [2.45, 2.75) is 46.0 Å². The topological polar surface area (TPSA) is 43.4 Å². The van der Waals surface area contributed by atoms with Gasteiger partial charge in [-0.3, -0.25) is 4.79 Å². The fourth-order valence-corrected chi connectivity index (χ4v) is 2.25. The summed E-state index contributed by atoms with van der Waals surface area (Å²) < 4.78 is 31.8. The van der Waals surface area contributed by atoms with Crippen LogP contribution in [-0.4, -0.2) is 18.9 Å². The Kier molecular flexibility index (Phi) is 7.71. The summed E-state index contributed by atoms with van der Waals surface area (Å²) in [7, 11) is 0. The first-order valence-corrected chi connectivity index (χ1v) is 7.53. The van der Waals surface area contributed by atoms with E-state index in [0.29, 0.717) is 44.3 Å². The highest BCUT2D eigenvalue weighted by Gasteiger charge is 2.13. The fraction of sp³-hybridized carbons (Fsp3) is 0.529. The summed E-state index contributed by atoms with van der Waals surface area (Å²) in [6.45, 7) is 3.49. The van der Waals surface area contributed by atoms with Gasteiger partial charge < -0.3 is 9.53 Å². The molecule has 0 aliphatic heterocycles. The molecule has 0 fully saturated rings. The zero-order valence-electron chi connectivity index (χ0n) is 13.0. The number of carbonyl (C=O) groups is 2. The van der Waals surface area contributed by atoms with Gasteiger partial charge in [-0.25, -0.2) is 8.78 Å². The van der Waals surface area contributed by atoms with Crippen LogP contribution in [0, 0.1) is 24.5 Å². The van der Waals surface area contributed by atoms with Gasteiger partial charge in [0.1, 0.15) is 17.9 Å². The Morgan fingerprint density at radius 1 is 1.27 bits per heavy atom. The van der Waals surface area contributed by atoms with Crippen molar-refractivity contribution in [2.75, 3.05) is 6.61 Å². The molecule has 0 aliphatic rings. The molecule has 0 aromatic heterocycles. The third-order valence-corrected chi connectivity index (χ3v) is 3.54. The lowest BCUT2D eigenvalue weighted by Crippen LogP contribution is -2.08. The molecule has 3 nitrogen and oxygen atoms in total. The Balaban J connectivity index is 2.45. The summed E-state index contributed by atoms with van der Waals surface area (Å²) in [6, 6.07) is 2.54. The number of unbranched alkanes of at least 4 members (excludes halogenated alkanes) is 1. The average Bonchev–Trinajstić information content (AvgIpc) is 2.48. The molecule has 0 heterocycles. The second-order valence-corrected chi connectivity index (χ2v) is 5.34. The molecule has 122 valence electrons. The van der Waals surface area contributed by atoms with Gasteiger partial charge in [0.2, 0.25) is 0 Å². The normalized spacial score (nSPS) is 12.0. The fourth-order valence-electron chi connectivity index (χ4n) is 2.25. The molecule has 0 amide bonds. The number of benzene rings is 1. The number of aldehydes is 1. The molecule has 0 bridgehead atoms. The molecule has 0 spiro atoms. The number of hydrogen-bond acceptors (Lipinski definition) is 3. The third-order valence-electron chi connectivity index (χ3n) is 3.54. The predicted octanol–water partition coefficient (Wildman–Crippen LogP) is 3.75. The summed E-state index contributed by atoms with van der Waals surface area (Å²) in [5.74, 6) is -1.74. The van der Waals surface area contributed by atoms with Gasteiger partial charge in [-0.2, -0.15) is 0 Å². The van der Waals surface area contributed by atoms with Gasteiger partial charge in [-0.15, -0.1) is 0 Å². The maximum Gasteiger partial charge on any atom is 0.305 e. The van der Waals surface area contributed by atoms with E-state index in [-0.39, 0.29) is 17.5 Å². The van der Waals surface area contributed by atoms with Gasteiger partial charge in [0, 0.05) is 17.9 Å². The molecule has 0 saturated carbocycles. The molecule has 0 radical (unpaired) electrons. The van der Waals surface area contributed by atoms with E-state index in [1.807, 2.05) is 0 Å². The molecule has 1 atom stereocenters. The first-order chi connectivity index (χ1) is 10.5. The SMILES string of the molecule is CCOC(=O)CCCCC(C=O)Cc1cc(F)c(C)c(F)c1. The van der Waals surface area contributed by atoms with E-state index < -0.39 is 11.6 Å². The summed E-state index contributed by atoms with van der Waals surface area (Å²) in [5, 5.41) is 0. The quantitative estimate of drug-likeness (QED) is 0.396. The summed E-state index contributed by atoms with van der Waals surface area (Å²) in [5.41, 5.74) is 0.462. The molecular weight excluding hydrogens is 290 g/mol. The predicted molar refractivity (Wildman–Crippen MR) is 79.5 cm³/mol. The van der Waals surface area contributed by atoms with Crippen LogP contribution in [0.15, 0.2) is 12.1 Å². The minimum Gasteiger partial charge on any atom is -0.466 e. The van der Waals surface area contributed by atoms with Crippen LogP contribution in [-0.2, 0) is 20.7 Å². The number of esters is 1. The highest BCUT2D eigenvalue weighted by atomic mass is 19.1. The largest absolute Gasteiger partial charge is 0.466 e. The van der Waals surface area contributed by atoms with Crippen LogP contribution in [0.25, 0.3) is 0 Å². The maximum atomic E-state index is 13.5. The molecule has 0 N–H and O–H groups in total. The van der Waals surface area contributed by atoms with Crippen LogP contribution in [0.2, 0.25) is 0 Å². The summed E-state index contributed by atoms with van der Waals surface area (Å²) >= 11 is 0. The van der Waals surface area contributed by atoms with Crippen molar-refractivity contribution in [2.24, 2.45) is 5.92 Å². The van der Waals surface area contributed by atoms with Crippen LogP contribution in [0.1, 0.15) is 43.7 Å².